The third-order valence-electron chi connectivity index (χ3n) is 1.96. The van der Waals surface area contributed by atoms with Gasteiger partial charge in [-0.25, -0.2) is 4.79 Å². The van der Waals surface area contributed by atoms with Gasteiger partial charge in [-0.2, -0.15) is 4.98 Å². The van der Waals surface area contributed by atoms with Crippen LogP contribution in [0.25, 0.3) is 0 Å². The van der Waals surface area contributed by atoms with E-state index in [1.807, 2.05) is 0 Å². The summed E-state index contributed by atoms with van der Waals surface area (Å²) >= 11 is 0. The van der Waals surface area contributed by atoms with E-state index in [9.17, 15) is 14.7 Å². The van der Waals surface area contributed by atoms with Gasteiger partial charge in [-0.3, -0.25) is 9.36 Å². The molecule has 0 aliphatic rings. The van der Waals surface area contributed by atoms with Crippen molar-refractivity contribution in [1.82, 2.24) is 9.55 Å². The zero-order chi connectivity index (χ0) is 13.0. The fourth-order valence-electron chi connectivity index (χ4n) is 1.03. The summed E-state index contributed by atoms with van der Waals surface area (Å²) in [6, 6.07) is 1.29. The molecule has 1 aromatic heterocycles. The van der Waals surface area contributed by atoms with E-state index in [-0.39, 0.29) is 5.82 Å². The van der Waals surface area contributed by atoms with Crippen LogP contribution in [0.5, 0.6) is 0 Å². The number of rotatable bonds is 5. The van der Waals surface area contributed by atoms with E-state index in [2.05, 4.69) is 4.98 Å². The number of carbonyl (C=O) groups is 1. The quantitative estimate of drug-likeness (QED) is 0.435. The van der Waals surface area contributed by atoms with Crippen molar-refractivity contribution in [2.24, 2.45) is 0 Å². The van der Waals surface area contributed by atoms with Crippen molar-refractivity contribution >= 4 is 11.6 Å². The van der Waals surface area contributed by atoms with Gasteiger partial charge in [0.1, 0.15) is 24.6 Å². The van der Waals surface area contributed by atoms with Gasteiger partial charge >= 0.3 is 5.69 Å². The number of aliphatic hydroxyl groups is 3. The number of nitrogens with zero attached hydrogens (tertiary/aromatic N) is 2. The molecule has 0 aromatic carbocycles. The fourth-order valence-corrected chi connectivity index (χ4v) is 1.03. The van der Waals surface area contributed by atoms with Crippen LogP contribution in [0.1, 0.15) is 0 Å². The molecule has 0 amide bonds. The maximum Gasteiger partial charge on any atom is 0.350 e. The second-order valence-corrected chi connectivity index (χ2v) is 3.27. The number of ketones is 1. The Kier molecular flexibility index (Phi) is 4.32. The molecule has 0 saturated carbocycles. The summed E-state index contributed by atoms with van der Waals surface area (Å²) in [6.45, 7) is -0.00600. The largest absolute Gasteiger partial charge is 0.394 e. The first kappa shape index (κ1) is 13.3. The molecule has 1 rings (SSSR count). The molecule has 8 nitrogen and oxygen atoms in total. The van der Waals surface area contributed by atoms with E-state index in [0.29, 0.717) is 0 Å². The molecule has 1 heterocycles. The SMILES string of the molecule is Nc1ccn([CH]C(=O)[C@H](O)[C@H](O)CO)c(=O)n1. The molecular weight excluding hydrogens is 230 g/mol. The van der Waals surface area contributed by atoms with Crippen LogP contribution in [0.3, 0.4) is 0 Å². The summed E-state index contributed by atoms with van der Waals surface area (Å²) in [7, 11) is 0. The average molecular weight is 242 g/mol. The van der Waals surface area contributed by atoms with E-state index in [0.717, 1.165) is 11.1 Å². The molecule has 2 atom stereocenters. The minimum Gasteiger partial charge on any atom is -0.394 e. The van der Waals surface area contributed by atoms with Gasteiger partial charge in [-0.15, -0.1) is 0 Å². The van der Waals surface area contributed by atoms with Crippen molar-refractivity contribution in [3.63, 3.8) is 0 Å². The standard InChI is InChI=1S/C9H12N3O5/c10-7-1-2-12(9(17)11-7)3-5(14)8(16)6(15)4-13/h1-3,6,8,13,15-16H,4H2,(H2,10,11,17)/t6-,8+/m1/s1. The third-order valence-corrected chi connectivity index (χ3v) is 1.96. The molecule has 0 bridgehead atoms. The maximum atomic E-state index is 11.4. The summed E-state index contributed by atoms with van der Waals surface area (Å²) in [5.74, 6) is -0.928. The highest BCUT2D eigenvalue weighted by atomic mass is 16.4. The van der Waals surface area contributed by atoms with Gasteiger partial charge in [0.15, 0.2) is 5.78 Å². The number of nitrogen functional groups attached to an aromatic ring is 1. The predicted octanol–water partition coefficient (Wildman–Crippen LogP) is -2.88. The second kappa shape index (κ2) is 5.53. The Hall–Kier alpha value is -1.77. The van der Waals surface area contributed by atoms with Gasteiger partial charge in [0.2, 0.25) is 0 Å². The number of anilines is 1. The molecule has 8 heteroatoms. The minimum absolute atomic E-state index is 0.00282. The van der Waals surface area contributed by atoms with Crippen molar-refractivity contribution in [2.45, 2.75) is 12.2 Å². The smallest absolute Gasteiger partial charge is 0.350 e. The van der Waals surface area contributed by atoms with Gasteiger partial charge in [0, 0.05) is 6.20 Å². The van der Waals surface area contributed by atoms with E-state index < -0.39 is 30.3 Å². The molecule has 0 aliphatic carbocycles. The number of hydrogen-bond acceptors (Lipinski definition) is 7. The van der Waals surface area contributed by atoms with Crippen LogP contribution < -0.4 is 11.4 Å². The molecule has 1 aromatic rings. The number of aromatic nitrogens is 2. The summed E-state index contributed by atoms with van der Waals surface area (Å²) in [5.41, 5.74) is 4.45. The highest BCUT2D eigenvalue weighted by Gasteiger charge is 2.24. The Labute approximate surface area is 96.0 Å². The first-order chi connectivity index (χ1) is 7.95. The van der Waals surface area contributed by atoms with Crippen LogP contribution in [-0.2, 0) is 4.79 Å². The minimum atomic E-state index is -1.80. The molecule has 0 saturated heterocycles. The summed E-state index contributed by atoms with van der Waals surface area (Å²) in [5, 5.41) is 26.8. The topological polar surface area (TPSA) is 139 Å². The molecule has 0 spiro atoms. The van der Waals surface area contributed by atoms with Gasteiger partial charge in [-0.1, -0.05) is 0 Å². The van der Waals surface area contributed by atoms with Crippen LogP contribution in [0.15, 0.2) is 17.1 Å². The van der Waals surface area contributed by atoms with E-state index in [4.69, 9.17) is 15.9 Å². The molecule has 0 unspecified atom stereocenters. The lowest BCUT2D eigenvalue weighted by Gasteiger charge is -2.14. The summed E-state index contributed by atoms with van der Waals surface area (Å²) in [6.07, 6.45) is -2.21. The Morgan fingerprint density at radius 2 is 2.24 bits per heavy atom. The summed E-state index contributed by atoms with van der Waals surface area (Å²) < 4.78 is 0.812. The van der Waals surface area contributed by atoms with Gasteiger partial charge < -0.3 is 21.1 Å². The van der Waals surface area contributed by atoms with Gasteiger partial charge in [-0.05, 0) is 6.07 Å². The van der Waals surface area contributed by atoms with Gasteiger partial charge in [0.05, 0.1) is 6.61 Å². The normalized spacial score (nSPS) is 14.3. The first-order valence-electron chi connectivity index (χ1n) is 4.66. The fraction of sp³-hybridized carbons (Fsp3) is 0.333. The van der Waals surface area contributed by atoms with E-state index in [1.165, 1.54) is 12.3 Å². The Balaban J connectivity index is 2.78. The summed E-state index contributed by atoms with van der Waals surface area (Å²) in [4.78, 5) is 25.9. The van der Waals surface area contributed by atoms with Crippen molar-refractivity contribution in [3.8, 4) is 0 Å². The van der Waals surface area contributed by atoms with Crippen LogP contribution in [0, 0.1) is 6.54 Å². The van der Waals surface area contributed by atoms with Crippen molar-refractivity contribution < 1.29 is 20.1 Å². The Morgan fingerprint density at radius 3 is 2.76 bits per heavy atom. The zero-order valence-electron chi connectivity index (χ0n) is 8.72. The molecular formula is C9H12N3O5. The highest BCUT2D eigenvalue weighted by molar-refractivity contribution is 5.91. The lowest BCUT2D eigenvalue weighted by Crippen LogP contribution is -2.39. The first-order valence-corrected chi connectivity index (χ1v) is 4.66. The lowest BCUT2D eigenvalue weighted by atomic mass is 10.1. The highest BCUT2D eigenvalue weighted by Crippen LogP contribution is 1.99. The maximum absolute atomic E-state index is 11.4. The lowest BCUT2D eigenvalue weighted by molar-refractivity contribution is -0.131. The van der Waals surface area contributed by atoms with Crippen LogP contribution in [0.4, 0.5) is 5.82 Å². The Bertz CT molecular complexity index is 458. The number of aliphatic hydroxyl groups excluding tert-OH is 3. The molecule has 1 radical (unpaired) electrons. The average Bonchev–Trinajstić information content (AvgIpc) is 2.30. The molecule has 0 aliphatic heterocycles. The van der Waals surface area contributed by atoms with Crippen molar-refractivity contribution in [2.75, 3.05) is 12.3 Å². The molecule has 0 fully saturated rings. The van der Waals surface area contributed by atoms with E-state index in [1.54, 1.807) is 0 Å². The van der Waals surface area contributed by atoms with Crippen LogP contribution in [-0.4, -0.2) is 49.5 Å². The number of nitrogens with two attached hydrogens (primary N) is 1. The number of Topliss-reactive ketones (excluding diaryl/α,β-unsaturated/α-hetero) is 1. The Morgan fingerprint density at radius 1 is 1.59 bits per heavy atom. The molecule has 5 N–H and O–H groups in total. The molecule has 93 valence electrons. The zero-order valence-corrected chi connectivity index (χ0v) is 8.72. The number of hydrogen-bond donors (Lipinski definition) is 4. The van der Waals surface area contributed by atoms with E-state index >= 15 is 0 Å². The van der Waals surface area contributed by atoms with Gasteiger partial charge in [0.25, 0.3) is 0 Å². The number of carbonyl (C=O) groups excluding carboxylic acids is 1. The van der Waals surface area contributed by atoms with Crippen molar-refractivity contribution in [3.05, 3.63) is 29.3 Å². The molecule has 17 heavy (non-hydrogen) atoms. The predicted molar refractivity (Wildman–Crippen MR) is 56.7 cm³/mol. The van der Waals surface area contributed by atoms with Crippen molar-refractivity contribution in [1.29, 1.82) is 0 Å². The second-order valence-electron chi connectivity index (χ2n) is 3.27. The monoisotopic (exact) mass is 242 g/mol. The van der Waals surface area contributed by atoms with Crippen LogP contribution >= 0.6 is 0 Å². The van der Waals surface area contributed by atoms with Crippen LogP contribution in [0.2, 0.25) is 0 Å². The third kappa shape index (κ3) is 3.34.